The topological polar surface area (TPSA) is 18.5 Å². The van der Waals surface area contributed by atoms with Crippen LogP contribution in [0.3, 0.4) is 0 Å². The van der Waals surface area contributed by atoms with Gasteiger partial charge in [0.15, 0.2) is 0 Å². The first-order valence-corrected chi connectivity index (χ1v) is 8.73. The van der Waals surface area contributed by atoms with Crippen LogP contribution in [0.25, 0.3) is 0 Å². The van der Waals surface area contributed by atoms with Gasteiger partial charge in [-0.1, -0.05) is 62.2 Å². The fourth-order valence-electron chi connectivity index (χ4n) is 1.91. The summed E-state index contributed by atoms with van der Waals surface area (Å²) in [6.07, 6.45) is 2.08. The molecule has 19 heavy (non-hydrogen) atoms. The molecule has 0 atom stereocenters. The molecule has 0 bridgehead atoms. The molecule has 0 aromatic heterocycles. The summed E-state index contributed by atoms with van der Waals surface area (Å²) in [4.78, 5) is 0. The van der Waals surface area contributed by atoms with Gasteiger partial charge in [0, 0.05) is 24.4 Å². The van der Waals surface area contributed by atoms with E-state index in [0.717, 1.165) is 30.1 Å². The summed E-state index contributed by atoms with van der Waals surface area (Å²) < 4.78 is 10.6. The maximum absolute atomic E-state index is 5.60. The summed E-state index contributed by atoms with van der Waals surface area (Å²) in [6, 6.07) is 10.6. The van der Waals surface area contributed by atoms with Crippen molar-refractivity contribution in [3.05, 3.63) is 35.9 Å². The average molecular weight is 394 g/mol. The van der Waals surface area contributed by atoms with E-state index in [2.05, 4.69) is 62.2 Å². The van der Waals surface area contributed by atoms with Crippen molar-refractivity contribution in [2.24, 2.45) is 5.41 Å². The molecule has 0 spiro atoms. The van der Waals surface area contributed by atoms with E-state index in [-0.39, 0.29) is 5.41 Å². The minimum absolute atomic E-state index is 0.203. The lowest BCUT2D eigenvalue weighted by molar-refractivity contribution is 0.0573. The summed E-state index contributed by atoms with van der Waals surface area (Å²) in [6.45, 7) is 2.10. The Morgan fingerprint density at radius 2 is 1.68 bits per heavy atom. The van der Waals surface area contributed by atoms with Crippen LogP contribution in [0.5, 0.6) is 0 Å². The molecule has 1 rings (SSSR count). The highest BCUT2D eigenvalue weighted by Crippen LogP contribution is 2.32. The van der Waals surface area contributed by atoms with Gasteiger partial charge in [-0.3, -0.25) is 0 Å². The van der Waals surface area contributed by atoms with Crippen LogP contribution in [0.1, 0.15) is 12.0 Å². The van der Waals surface area contributed by atoms with Crippen molar-refractivity contribution < 1.29 is 9.47 Å². The fourth-order valence-corrected chi connectivity index (χ4v) is 3.80. The third-order valence-corrected chi connectivity index (χ3v) is 5.58. The van der Waals surface area contributed by atoms with Crippen molar-refractivity contribution in [2.45, 2.75) is 12.8 Å². The molecule has 4 heteroatoms. The number of halogens is 2. The van der Waals surface area contributed by atoms with Gasteiger partial charge in [-0.15, -0.1) is 0 Å². The number of rotatable bonds is 10. The first-order valence-electron chi connectivity index (χ1n) is 6.49. The standard InChI is InChI=1S/C15H22Br2O2/c1-18-9-10-19-8-7-15(12-16,13-17)11-14-5-3-2-4-6-14/h2-6H,7-13H2,1H3. The van der Waals surface area contributed by atoms with E-state index in [0.29, 0.717) is 13.2 Å². The molecule has 108 valence electrons. The van der Waals surface area contributed by atoms with Crippen LogP contribution in [0, 0.1) is 5.41 Å². The van der Waals surface area contributed by atoms with Gasteiger partial charge in [-0.2, -0.15) is 0 Å². The van der Waals surface area contributed by atoms with E-state index in [1.54, 1.807) is 7.11 Å². The third kappa shape index (κ3) is 6.39. The second kappa shape index (κ2) is 9.92. The Morgan fingerprint density at radius 1 is 1.00 bits per heavy atom. The van der Waals surface area contributed by atoms with Crippen LogP contribution >= 0.6 is 31.9 Å². The lowest BCUT2D eigenvalue weighted by atomic mass is 9.83. The monoisotopic (exact) mass is 392 g/mol. The number of alkyl halides is 2. The van der Waals surface area contributed by atoms with Gasteiger partial charge >= 0.3 is 0 Å². The second-order valence-corrected chi connectivity index (χ2v) is 5.91. The van der Waals surface area contributed by atoms with Gasteiger partial charge in [0.1, 0.15) is 0 Å². The Bertz CT molecular complexity index is 326. The predicted octanol–water partition coefficient (Wildman–Crippen LogP) is 4.06. The molecule has 0 N–H and O–H groups in total. The van der Waals surface area contributed by atoms with Crippen LogP contribution in [-0.4, -0.2) is 37.6 Å². The molecule has 0 saturated heterocycles. The average Bonchev–Trinajstić information content (AvgIpc) is 2.47. The van der Waals surface area contributed by atoms with Gasteiger partial charge in [-0.25, -0.2) is 0 Å². The van der Waals surface area contributed by atoms with Crippen molar-refractivity contribution in [2.75, 3.05) is 37.6 Å². The molecular formula is C15H22Br2O2. The summed E-state index contributed by atoms with van der Waals surface area (Å²) in [5.41, 5.74) is 1.58. The second-order valence-electron chi connectivity index (χ2n) is 4.78. The normalized spacial score (nSPS) is 11.7. The molecule has 0 unspecified atom stereocenters. The maximum Gasteiger partial charge on any atom is 0.0700 e. The van der Waals surface area contributed by atoms with E-state index < -0.39 is 0 Å². The van der Waals surface area contributed by atoms with Crippen LogP contribution < -0.4 is 0 Å². The minimum Gasteiger partial charge on any atom is -0.382 e. The quantitative estimate of drug-likeness (QED) is 0.440. The van der Waals surface area contributed by atoms with Gasteiger partial charge in [0.25, 0.3) is 0 Å². The van der Waals surface area contributed by atoms with Crippen molar-refractivity contribution in [1.82, 2.24) is 0 Å². The summed E-state index contributed by atoms with van der Waals surface area (Å²) in [5, 5.41) is 1.93. The Hall–Kier alpha value is 0.1000. The highest BCUT2D eigenvalue weighted by molar-refractivity contribution is 9.09. The zero-order valence-electron chi connectivity index (χ0n) is 11.4. The lowest BCUT2D eigenvalue weighted by Gasteiger charge is -2.30. The van der Waals surface area contributed by atoms with Crippen molar-refractivity contribution in [3.8, 4) is 0 Å². The highest BCUT2D eigenvalue weighted by Gasteiger charge is 2.27. The van der Waals surface area contributed by atoms with Gasteiger partial charge < -0.3 is 9.47 Å². The molecule has 0 aliphatic carbocycles. The molecule has 0 fully saturated rings. The summed E-state index contributed by atoms with van der Waals surface area (Å²) >= 11 is 7.33. The zero-order valence-corrected chi connectivity index (χ0v) is 14.6. The molecule has 0 saturated carbocycles. The molecule has 0 amide bonds. The van der Waals surface area contributed by atoms with E-state index >= 15 is 0 Å². The van der Waals surface area contributed by atoms with E-state index in [1.807, 2.05) is 0 Å². The SMILES string of the molecule is COCCOCCC(CBr)(CBr)Cc1ccccc1. The van der Waals surface area contributed by atoms with Crippen LogP contribution in [-0.2, 0) is 15.9 Å². The van der Waals surface area contributed by atoms with Crippen molar-refractivity contribution in [3.63, 3.8) is 0 Å². The smallest absolute Gasteiger partial charge is 0.0700 e. The highest BCUT2D eigenvalue weighted by atomic mass is 79.9. The van der Waals surface area contributed by atoms with Crippen LogP contribution in [0.15, 0.2) is 30.3 Å². The van der Waals surface area contributed by atoms with E-state index in [9.17, 15) is 0 Å². The lowest BCUT2D eigenvalue weighted by Crippen LogP contribution is -2.29. The van der Waals surface area contributed by atoms with Crippen LogP contribution in [0.4, 0.5) is 0 Å². The molecule has 1 aromatic rings. The van der Waals surface area contributed by atoms with E-state index in [1.165, 1.54) is 5.56 Å². The number of hydrogen-bond acceptors (Lipinski definition) is 2. The van der Waals surface area contributed by atoms with Gasteiger partial charge in [0.2, 0.25) is 0 Å². The minimum atomic E-state index is 0.203. The summed E-state index contributed by atoms with van der Waals surface area (Å²) in [7, 11) is 1.69. The molecule has 0 radical (unpaired) electrons. The zero-order chi connectivity index (χ0) is 14.0. The molecular weight excluding hydrogens is 372 g/mol. The van der Waals surface area contributed by atoms with Gasteiger partial charge in [0.05, 0.1) is 13.2 Å². The Morgan fingerprint density at radius 3 is 2.26 bits per heavy atom. The maximum atomic E-state index is 5.60. The molecule has 0 aliphatic rings. The van der Waals surface area contributed by atoms with Crippen molar-refractivity contribution in [1.29, 1.82) is 0 Å². The van der Waals surface area contributed by atoms with Crippen LogP contribution in [0.2, 0.25) is 0 Å². The molecule has 0 aliphatic heterocycles. The molecule has 2 nitrogen and oxygen atoms in total. The third-order valence-electron chi connectivity index (χ3n) is 3.20. The molecule has 0 heterocycles. The van der Waals surface area contributed by atoms with Gasteiger partial charge in [-0.05, 0) is 23.8 Å². The number of benzene rings is 1. The largest absolute Gasteiger partial charge is 0.382 e. The Labute approximate surface area is 133 Å². The first-order chi connectivity index (χ1) is 9.26. The number of hydrogen-bond donors (Lipinski definition) is 0. The Balaban J connectivity index is 2.49. The number of ether oxygens (including phenoxy) is 2. The Kier molecular flexibility index (Phi) is 8.95. The first kappa shape index (κ1) is 17.2. The van der Waals surface area contributed by atoms with E-state index in [4.69, 9.17) is 9.47 Å². The summed E-state index contributed by atoms with van der Waals surface area (Å²) in [5.74, 6) is 0. The fraction of sp³-hybridized carbons (Fsp3) is 0.600. The number of methoxy groups -OCH3 is 1. The van der Waals surface area contributed by atoms with Crippen molar-refractivity contribution >= 4 is 31.9 Å². The predicted molar refractivity (Wildman–Crippen MR) is 87.5 cm³/mol. The molecule has 1 aromatic carbocycles.